The Bertz CT molecular complexity index is 884. The number of halogens is 2. The molecule has 2 aromatic carbocycles. The van der Waals surface area contributed by atoms with Crippen molar-refractivity contribution in [3.63, 3.8) is 0 Å². The Kier molecular flexibility index (Phi) is 7.69. The van der Waals surface area contributed by atoms with Crippen LogP contribution in [0.2, 0.25) is 0 Å². The summed E-state index contributed by atoms with van der Waals surface area (Å²) >= 11 is 7.23. The van der Waals surface area contributed by atoms with Crippen molar-refractivity contribution in [1.29, 1.82) is 0 Å². The van der Waals surface area contributed by atoms with Crippen molar-refractivity contribution >= 4 is 49.2 Å². The molecule has 0 aliphatic carbocycles. The van der Waals surface area contributed by atoms with Gasteiger partial charge in [-0.2, -0.15) is 0 Å². The lowest BCUT2D eigenvalue weighted by Crippen LogP contribution is -2.40. The lowest BCUT2D eigenvalue weighted by Gasteiger charge is -2.30. The Balaban J connectivity index is 1.38. The molecule has 31 heavy (non-hydrogen) atoms. The molecule has 2 aliphatic heterocycles. The minimum Gasteiger partial charge on any atom is -0.481 e. The zero-order valence-corrected chi connectivity index (χ0v) is 20.7. The highest BCUT2D eigenvalue weighted by molar-refractivity contribution is 9.10. The molecule has 5 nitrogen and oxygen atoms in total. The first-order valence-electron chi connectivity index (χ1n) is 10.9. The third kappa shape index (κ3) is 5.69. The topological polar surface area (TPSA) is 53.0 Å². The number of fused-ring (bicyclic) bond motifs is 2. The van der Waals surface area contributed by atoms with E-state index in [0.717, 1.165) is 54.3 Å². The van der Waals surface area contributed by atoms with Gasteiger partial charge in [-0.05, 0) is 79.8 Å². The van der Waals surface area contributed by atoms with E-state index in [-0.39, 0.29) is 5.92 Å². The van der Waals surface area contributed by atoms with Crippen molar-refractivity contribution < 1.29 is 14.6 Å². The fourth-order valence-electron chi connectivity index (χ4n) is 4.59. The van der Waals surface area contributed by atoms with Gasteiger partial charge in [0.1, 0.15) is 0 Å². The second-order valence-electron chi connectivity index (χ2n) is 8.29. The summed E-state index contributed by atoms with van der Waals surface area (Å²) in [5.41, 5.74) is 5.17. The van der Waals surface area contributed by atoms with Crippen LogP contribution < -0.4 is 4.90 Å². The molecule has 2 heterocycles. The van der Waals surface area contributed by atoms with E-state index in [0.29, 0.717) is 19.8 Å². The molecular weight excluding hydrogens is 524 g/mol. The molecule has 1 atom stereocenters. The van der Waals surface area contributed by atoms with Gasteiger partial charge in [-0.15, -0.1) is 0 Å². The van der Waals surface area contributed by atoms with E-state index >= 15 is 0 Å². The number of piperidine rings is 1. The lowest BCUT2D eigenvalue weighted by atomic mass is 9.98. The molecule has 166 valence electrons. The van der Waals surface area contributed by atoms with E-state index in [1.165, 1.54) is 22.5 Å². The molecule has 7 heteroatoms. The number of hydrogen-bond acceptors (Lipinski definition) is 4. The Morgan fingerprint density at radius 1 is 1.00 bits per heavy atom. The van der Waals surface area contributed by atoms with Crippen molar-refractivity contribution in [1.82, 2.24) is 4.90 Å². The SMILES string of the molecule is O=C(O)[C@@H]1CCCN(CCOCCN2c3ccc(Br)cc3CCc3cc(Br)ccc32)C1. The van der Waals surface area contributed by atoms with Crippen LogP contribution in [0.25, 0.3) is 0 Å². The van der Waals surface area contributed by atoms with E-state index in [9.17, 15) is 9.90 Å². The quantitative estimate of drug-likeness (QED) is 0.476. The number of aliphatic carboxylic acids is 1. The summed E-state index contributed by atoms with van der Waals surface area (Å²) in [7, 11) is 0. The maximum Gasteiger partial charge on any atom is 0.307 e. The number of carboxylic acids is 1. The maximum atomic E-state index is 11.3. The van der Waals surface area contributed by atoms with Crippen molar-refractivity contribution in [2.45, 2.75) is 25.7 Å². The van der Waals surface area contributed by atoms with Crippen molar-refractivity contribution in [3.05, 3.63) is 56.5 Å². The van der Waals surface area contributed by atoms with E-state index in [1.54, 1.807) is 0 Å². The van der Waals surface area contributed by atoms with Gasteiger partial charge in [0.15, 0.2) is 0 Å². The number of carbonyl (C=O) groups is 1. The summed E-state index contributed by atoms with van der Waals surface area (Å²) in [6.07, 6.45) is 3.75. The second-order valence-corrected chi connectivity index (χ2v) is 10.1. The number of carboxylic acid groups (broad SMARTS) is 1. The Labute approximate surface area is 200 Å². The number of nitrogens with zero attached hydrogens (tertiary/aromatic N) is 2. The molecule has 0 unspecified atom stereocenters. The maximum absolute atomic E-state index is 11.3. The van der Waals surface area contributed by atoms with E-state index in [2.05, 4.69) is 78.1 Å². The summed E-state index contributed by atoms with van der Waals surface area (Å²) in [5, 5.41) is 9.26. The van der Waals surface area contributed by atoms with Crippen LogP contribution in [-0.4, -0.2) is 55.4 Å². The first-order valence-corrected chi connectivity index (χ1v) is 12.5. The molecule has 0 saturated carbocycles. The van der Waals surface area contributed by atoms with Crippen LogP contribution in [0.3, 0.4) is 0 Å². The number of ether oxygens (including phenoxy) is 1. The summed E-state index contributed by atoms with van der Waals surface area (Å²) in [6.45, 7) is 4.42. The molecule has 0 amide bonds. The zero-order chi connectivity index (χ0) is 21.8. The number of benzene rings is 2. The zero-order valence-electron chi connectivity index (χ0n) is 17.5. The van der Waals surface area contributed by atoms with E-state index in [1.807, 2.05) is 0 Å². The van der Waals surface area contributed by atoms with Crippen molar-refractivity contribution in [3.8, 4) is 0 Å². The molecule has 2 aromatic rings. The van der Waals surface area contributed by atoms with Crippen LogP contribution in [0.4, 0.5) is 11.4 Å². The molecule has 2 aliphatic rings. The Morgan fingerprint density at radius 2 is 1.61 bits per heavy atom. The van der Waals surface area contributed by atoms with Crippen molar-refractivity contribution in [2.24, 2.45) is 5.92 Å². The summed E-state index contributed by atoms with van der Waals surface area (Å²) in [5.74, 6) is -0.917. The van der Waals surface area contributed by atoms with Crippen LogP contribution in [0.15, 0.2) is 45.3 Å². The fraction of sp³-hybridized carbons (Fsp3) is 0.458. The van der Waals surface area contributed by atoms with E-state index < -0.39 is 5.97 Å². The molecule has 4 rings (SSSR count). The van der Waals surface area contributed by atoms with Gasteiger partial charge in [-0.3, -0.25) is 4.79 Å². The summed E-state index contributed by atoms with van der Waals surface area (Å²) in [4.78, 5) is 15.8. The second kappa shape index (κ2) is 10.5. The van der Waals surface area contributed by atoms with Crippen LogP contribution >= 0.6 is 31.9 Å². The third-order valence-electron chi connectivity index (χ3n) is 6.19. The number of likely N-dealkylation sites (tertiary alicyclic amines) is 1. The highest BCUT2D eigenvalue weighted by Crippen LogP contribution is 2.38. The lowest BCUT2D eigenvalue weighted by molar-refractivity contribution is -0.143. The Hall–Kier alpha value is -1.41. The molecule has 0 aromatic heterocycles. The van der Waals surface area contributed by atoms with Gasteiger partial charge in [0.25, 0.3) is 0 Å². The molecule has 0 spiro atoms. The summed E-state index contributed by atoms with van der Waals surface area (Å²) < 4.78 is 8.22. The normalized spacial score (nSPS) is 18.9. The van der Waals surface area contributed by atoms with Gasteiger partial charge in [0, 0.05) is 40.0 Å². The van der Waals surface area contributed by atoms with Gasteiger partial charge < -0.3 is 19.6 Å². The predicted molar refractivity (Wildman–Crippen MR) is 130 cm³/mol. The minimum atomic E-state index is -0.678. The fourth-order valence-corrected chi connectivity index (χ4v) is 5.40. The molecule has 0 bridgehead atoms. The molecule has 0 radical (unpaired) electrons. The standard InChI is InChI=1S/C24H28Br2N2O3/c25-20-5-7-22-17(14-20)3-4-18-15-21(26)6-8-23(18)28(22)11-13-31-12-10-27-9-1-2-19(16-27)24(29)30/h5-8,14-15,19H,1-4,9-13,16H2,(H,29,30)/t19-/m1/s1. The number of aryl methyl sites for hydroxylation is 2. The van der Waals surface area contributed by atoms with Crippen LogP contribution in [0, 0.1) is 5.92 Å². The first-order chi connectivity index (χ1) is 15.0. The third-order valence-corrected chi connectivity index (χ3v) is 7.18. The van der Waals surface area contributed by atoms with Gasteiger partial charge in [-0.25, -0.2) is 0 Å². The molecule has 1 saturated heterocycles. The van der Waals surface area contributed by atoms with Gasteiger partial charge in [-0.1, -0.05) is 31.9 Å². The monoisotopic (exact) mass is 550 g/mol. The van der Waals surface area contributed by atoms with Crippen LogP contribution in [0.1, 0.15) is 24.0 Å². The minimum absolute atomic E-state index is 0.238. The largest absolute Gasteiger partial charge is 0.481 e. The van der Waals surface area contributed by atoms with Crippen molar-refractivity contribution in [2.75, 3.05) is 44.3 Å². The van der Waals surface area contributed by atoms with Gasteiger partial charge in [0.05, 0.1) is 19.1 Å². The summed E-state index contributed by atoms with van der Waals surface area (Å²) in [6, 6.07) is 13.0. The number of hydrogen-bond donors (Lipinski definition) is 1. The van der Waals surface area contributed by atoms with Gasteiger partial charge in [0.2, 0.25) is 0 Å². The molecule has 1 fully saturated rings. The highest BCUT2D eigenvalue weighted by atomic mass is 79.9. The first kappa shape index (κ1) is 22.8. The predicted octanol–water partition coefficient (Wildman–Crippen LogP) is 5.26. The van der Waals surface area contributed by atoms with Gasteiger partial charge >= 0.3 is 5.97 Å². The number of rotatable bonds is 7. The Morgan fingerprint density at radius 3 is 2.23 bits per heavy atom. The average Bonchev–Trinajstić information content (AvgIpc) is 2.90. The van der Waals surface area contributed by atoms with Crippen LogP contribution in [0.5, 0.6) is 0 Å². The average molecular weight is 552 g/mol. The van der Waals surface area contributed by atoms with E-state index in [4.69, 9.17) is 4.74 Å². The van der Waals surface area contributed by atoms with Crippen LogP contribution in [-0.2, 0) is 22.4 Å². The number of anilines is 2. The highest BCUT2D eigenvalue weighted by Gasteiger charge is 2.25. The molecule has 1 N–H and O–H groups in total. The molecular formula is C24H28Br2N2O3. The smallest absolute Gasteiger partial charge is 0.307 e.